The van der Waals surface area contributed by atoms with E-state index in [0.29, 0.717) is 34.8 Å². The second-order valence-electron chi connectivity index (χ2n) is 3.52. The molecule has 17 heavy (non-hydrogen) atoms. The maximum Gasteiger partial charge on any atom is 0.160 e. The van der Waals surface area contributed by atoms with E-state index in [-0.39, 0.29) is 0 Å². The van der Waals surface area contributed by atoms with E-state index in [1.54, 1.807) is 6.07 Å². The van der Waals surface area contributed by atoms with Crippen LogP contribution in [0.4, 0.5) is 11.4 Å². The van der Waals surface area contributed by atoms with Gasteiger partial charge < -0.3 is 11.1 Å². The third kappa shape index (κ3) is 2.55. The summed E-state index contributed by atoms with van der Waals surface area (Å²) in [4.78, 5) is 0. The fourth-order valence-corrected chi connectivity index (χ4v) is 2.09. The minimum absolute atomic E-state index is 0.531. The van der Waals surface area contributed by atoms with Crippen LogP contribution in [-0.4, -0.2) is 32.6 Å². The molecule has 6 nitrogen and oxygen atoms in total. The van der Waals surface area contributed by atoms with Gasteiger partial charge in [-0.15, -0.1) is 0 Å². The van der Waals surface area contributed by atoms with Gasteiger partial charge in [0.25, 0.3) is 0 Å². The Morgan fingerprint density at radius 3 is 2.94 bits per heavy atom. The standard InChI is InChI=1S/C10H14N4O2S/c1-2-17(15)6-5-12-8-4-3-7(11)9-10(8)14-16-13-9/h3-4,12H,2,5-6,11H2,1H3. The zero-order chi connectivity index (χ0) is 12.3. The van der Waals surface area contributed by atoms with Crippen LogP contribution in [0.5, 0.6) is 0 Å². The minimum atomic E-state index is -0.776. The normalized spacial score (nSPS) is 12.8. The van der Waals surface area contributed by atoms with Gasteiger partial charge in [0.1, 0.15) is 0 Å². The molecule has 0 radical (unpaired) electrons. The molecule has 0 bridgehead atoms. The highest BCUT2D eigenvalue weighted by Crippen LogP contribution is 2.24. The predicted molar refractivity (Wildman–Crippen MR) is 68.3 cm³/mol. The topological polar surface area (TPSA) is 94.0 Å². The maximum atomic E-state index is 11.3. The van der Waals surface area contributed by atoms with Crippen LogP contribution in [0.25, 0.3) is 11.0 Å². The molecule has 0 saturated heterocycles. The number of nitrogens with one attached hydrogen (secondary N) is 1. The zero-order valence-electron chi connectivity index (χ0n) is 9.47. The van der Waals surface area contributed by atoms with Crippen LogP contribution < -0.4 is 11.1 Å². The van der Waals surface area contributed by atoms with E-state index < -0.39 is 10.8 Å². The fraction of sp³-hybridized carbons (Fsp3) is 0.400. The first-order valence-electron chi connectivity index (χ1n) is 5.32. The average molecular weight is 254 g/mol. The third-order valence-corrected chi connectivity index (χ3v) is 3.72. The number of nitrogens with zero attached hydrogens (tertiary/aromatic N) is 2. The zero-order valence-corrected chi connectivity index (χ0v) is 10.3. The van der Waals surface area contributed by atoms with Gasteiger partial charge in [-0.3, -0.25) is 4.21 Å². The van der Waals surface area contributed by atoms with E-state index in [0.717, 1.165) is 5.69 Å². The molecule has 1 unspecified atom stereocenters. The Labute approximate surface area is 101 Å². The molecule has 0 aliphatic carbocycles. The van der Waals surface area contributed by atoms with Crippen LogP contribution in [0.1, 0.15) is 6.92 Å². The summed E-state index contributed by atoms with van der Waals surface area (Å²) in [7, 11) is -0.776. The number of nitrogens with two attached hydrogens (primary N) is 1. The van der Waals surface area contributed by atoms with Crippen molar-refractivity contribution >= 4 is 33.2 Å². The molecule has 2 aromatic rings. The molecule has 1 heterocycles. The Morgan fingerprint density at radius 2 is 2.18 bits per heavy atom. The second-order valence-corrected chi connectivity index (χ2v) is 5.39. The molecular weight excluding hydrogens is 240 g/mol. The van der Waals surface area contributed by atoms with Gasteiger partial charge in [-0.1, -0.05) is 6.92 Å². The number of hydrogen-bond donors (Lipinski definition) is 2. The van der Waals surface area contributed by atoms with Crippen molar-refractivity contribution < 1.29 is 8.84 Å². The SMILES string of the molecule is CCS(=O)CCNc1ccc(N)c2nonc12. The smallest absolute Gasteiger partial charge is 0.160 e. The lowest BCUT2D eigenvalue weighted by molar-refractivity contribution is 0.316. The molecule has 1 atom stereocenters. The first-order valence-corrected chi connectivity index (χ1v) is 6.80. The molecular formula is C10H14N4O2S. The monoisotopic (exact) mass is 254 g/mol. The molecule has 0 amide bonds. The van der Waals surface area contributed by atoms with Gasteiger partial charge in [0, 0.05) is 28.9 Å². The van der Waals surface area contributed by atoms with E-state index in [4.69, 9.17) is 5.73 Å². The van der Waals surface area contributed by atoms with E-state index >= 15 is 0 Å². The van der Waals surface area contributed by atoms with E-state index in [1.165, 1.54) is 0 Å². The molecule has 0 saturated carbocycles. The number of fused-ring (bicyclic) bond motifs is 1. The summed E-state index contributed by atoms with van der Waals surface area (Å²) in [6.45, 7) is 2.52. The van der Waals surface area contributed by atoms with Gasteiger partial charge in [0.05, 0.1) is 11.4 Å². The van der Waals surface area contributed by atoms with Crippen molar-refractivity contribution in [3.8, 4) is 0 Å². The lowest BCUT2D eigenvalue weighted by Crippen LogP contribution is -2.12. The highest BCUT2D eigenvalue weighted by Gasteiger charge is 2.09. The summed E-state index contributed by atoms with van der Waals surface area (Å²) >= 11 is 0. The first kappa shape index (κ1) is 11.8. The van der Waals surface area contributed by atoms with Crippen LogP contribution in [0, 0.1) is 0 Å². The Hall–Kier alpha value is -1.63. The number of hydrogen-bond acceptors (Lipinski definition) is 6. The molecule has 0 aliphatic rings. The van der Waals surface area contributed by atoms with Crippen molar-refractivity contribution in [3.63, 3.8) is 0 Å². The number of benzene rings is 1. The summed E-state index contributed by atoms with van der Waals surface area (Å²) in [6, 6.07) is 3.56. The Balaban J connectivity index is 2.11. The summed E-state index contributed by atoms with van der Waals surface area (Å²) in [5, 5.41) is 10.7. The van der Waals surface area contributed by atoms with Gasteiger partial charge in [0.15, 0.2) is 11.0 Å². The van der Waals surface area contributed by atoms with Gasteiger partial charge >= 0.3 is 0 Å². The second kappa shape index (κ2) is 5.13. The van der Waals surface area contributed by atoms with Crippen molar-refractivity contribution in [2.45, 2.75) is 6.92 Å². The summed E-state index contributed by atoms with van der Waals surface area (Å²) in [5.74, 6) is 1.28. The predicted octanol–water partition coefficient (Wildman–Crippen LogP) is 0.985. The lowest BCUT2D eigenvalue weighted by Gasteiger charge is -2.06. The van der Waals surface area contributed by atoms with Crippen LogP contribution in [0.3, 0.4) is 0 Å². The molecule has 0 aliphatic heterocycles. The number of nitrogen functional groups attached to an aromatic ring is 1. The minimum Gasteiger partial charge on any atom is -0.397 e. The van der Waals surface area contributed by atoms with Crippen LogP contribution in [-0.2, 0) is 10.8 Å². The Kier molecular flexibility index (Phi) is 3.58. The van der Waals surface area contributed by atoms with Crippen LogP contribution >= 0.6 is 0 Å². The molecule has 2 rings (SSSR count). The van der Waals surface area contributed by atoms with Crippen LogP contribution in [0.2, 0.25) is 0 Å². The highest BCUT2D eigenvalue weighted by atomic mass is 32.2. The summed E-state index contributed by atoms with van der Waals surface area (Å²) < 4.78 is 15.9. The van der Waals surface area contributed by atoms with Crippen LogP contribution in [0.15, 0.2) is 16.8 Å². The molecule has 1 aromatic carbocycles. The fourth-order valence-electron chi connectivity index (χ4n) is 1.47. The van der Waals surface area contributed by atoms with E-state index in [1.807, 2.05) is 13.0 Å². The largest absolute Gasteiger partial charge is 0.397 e. The van der Waals surface area contributed by atoms with Crippen molar-refractivity contribution in [2.75, 3.05) is 29.1 Å². The van der Waals surface area contributed by atoms with E-state index in [9.17, 15) is 4.21 Å². The first-order chi connectivity index (χ1) is 8.22. The lowest BCUT2D eigenvalue weighted by atomic mass is 10.2. The maximum absolute atomic E-state index is 11.3. The number of aromatic nitrogens is 2. The van der Waals surface area contributed by atoms with Gasteiger partial charge in [-0.2, -0.15) is 0 Å². The highest BCUT2D eigenvalue weighted by molar-refractivity contribution is 7.84. The van der Waals surface area contributed by atoms with Crippen molar-refractivity contribution in [1.29, 1.82) is 0 Å². The van der Waals surface area contributed by atoms with Gasteiger partial charge in [-0.25, -0.2) is 4.63 Å². The quantitative estimate of drug-likeness (QED) is 0.773. The molecule has 3 N–H and O–H groups in total. The Bertz CT molecular complexity index is 540. The molecule has 92 valence electrons. The number of rotatable bonds is 5. The van der Waals surface area contributed by atoms with Crippen molar-refractivity contribution in [1.82, 2.24) is 10.3 Å². The van der Waals surface area contributed by atoms with Gasteiger partial charge in [-0.05, 0) is 22.4 Å². The third-order valence-electron chi connectivity index (χ3n) is 2.41. The summed E-state index contributed by atoms with van der Waals surface area (Å²) in [5.41, 5.74) is 8.21. The van der Waals surface area contributed by atoms with Gasteiger partial charge in [0.2, 0.25) is 0 Å². The van der Waals surface area contributed by atoms with Crippen molar-refractivity contribution in [2.24, 2.45) is 0 Å². The summed E-state index contributed by atoms with van der Waals surface area (Å²) in [6.07, 6.45) is 0. The average Bonchev–Trinajstić information content (AvgIpc) is 2.82. The molecule has 0 spiro atoms. The molecule has 7 heteroatoms. The number of anilines is 2. The van der Waals surface area contributed by atoms with Crippen molar-refractivity contribution in [3.05, 3.63) is 12.1 Å². The molecule has 0 fully saturated rings. The molecule has 1 aromatic heterocycles. The Morgan fingerprint density at radius 1 is 1.41 bits per heavy atom. The van der Waals surface area contributed by atoms with E-state index in [2.05, 4.69) is 20.3 Å².